The van der Waals surface area contributed by atoms with Gasteiger partial charge in [0.15, 0.2) is 0 Å². The van der Waals surface area contributed by atoms with E-state index < -0.39 is 11.1 Å². The second-order valence-electron chi connectivity index (χ2n) is 6.39. The minimum Gasteiger partial charge on any atom is -0.496 e. The first-order chi connectivity index (χ1) is 13.5. The highest BCUT2D eigenvalue weighted by Crippen LogP contribution is 2.17. The SMILES string of the molecule is COc1ccccc1Cn1ccn(CC(=O)Nc2ccc(C)cc2)c(=O)c1=O. The molecule has 0 radical (unpaired) electrons. The maximum atomic E-state index is 12.4. The van der Waals surface area contributed by atoms with E-state index >= 15 is 0 Å². The molecule has 7 nitrogen and oxygen atoms in total. The first-order valence-electron chi connectivity index (χ1n) is 8.76. The first-order valence-corrected chi connectivity index (χ1v) is 8.76. The van der Waals surface area contributed by atoms with Crippen molar-refractivity contribution >= 4 is 11.6 Å². The van der Waals surface area contributed by atoms with Gasteiger partial charge >= 0.3 is 11.1 Å². The molecule has 144 valence electrons. The molecule has 0 saturated heterocycles. The molecule has 0 aliphatic carbocycles. The lowest BCUT2D eigenvalue weighted by Crippen LogP contribution is -2.42. The minimum atomic E-state index is -0.753. The highest BCUT2D eigenvalue weighted by Gasteiger charge is 2.11. The van der Waals surface area contributed by atoms with Crippen LogP contribution in [0.3, 0.4) is 0 Å². The highest BCUT2D eigenvalue weighted by molar-refractivity contribution is 5.90. The van der Waals surface area contributed by atoms with Crippen LogP contribution in [0.25, 0.3) is 0 Å². The number of nitrogens with zero attached hydrogens (tertiary/aromatic N) is 2. The summed E-state index contributed by atoms with van der Waals surface area (Å²) in [6, 6.07) is 14.6. The van der Waals surface area contributed by atoms with Crippen LogP contribution in [0.4, 0.5) is 5.69 Å². The summed E-state index contributed by atoms with van der Waals surface area (Å²) in [5.41, 5.74) is 1.04. The average molecular weight is 379 g/mol. The summed E-state index contributed by atoms with van der Waals surface area (Å²) in [6.45, 7) is 1.91. The van der Waals surface area contributed by atoms with E-state index in [-0.39, 0.29) is 19.0 Å². The van der Waals surface area contributed by atoms with Crippen molar-refractivity contribution in [1.29, 1.82) is 0 Å². The van der Waals surface area contributed by atoms with Crippen LogP contribution < -0.4 is 21.2 Å². The van der Waals surface area contributed by atoms with E-state index in [2.05, 4.69) is 5.32 Å². The maximum Gasteiger partial charge on any atom is 0.316 e. The van der Waals surface area contributed by atoms with Crippen LogP contribution in [0, 0.1) is 6.92 Å². The molecule has 3 rings (SSSR count). The number of rotatable bonds is 6. The van der Waals surface area contributed by atoms with Crippen molar-refractivity contribution in [3.05, 3.63) is 92.8 Å². The number of carbonyl (C=O) groups excluding carboxylic acids is 1. The number of nitrogens with one attached hydrogen (secondary N) is 1. The van der Waals surface area contributed by atoms with E-state index in [0.29, 0.717) is 11.4 Å². The molecule has 28 heavy (non-hydrogen) atoms. The van der Waals surface area contributed by atoms with E-state index in [1.54, 1.807) is 25.3 Å². The molecule has 3 aromatic rings. The van der Waals surface area contributed by atoms with Crippen LogP contribution in [0.1, 0.15) is 11.1 Å². The lowest BCUT2D eigenvalue weighted by molar-refractivity contribution is -0.116. The molecule has 0 unspecified atom stereocenters. The van der Waals surface area contributed by atoms with Crippen LogP contribution in [0.2, 0.25) is 0 Å². The van der Waals surface area contributed by atoms with Gasteiger partial charge in [-0.15, -0.1) is 0 Å². The Morgan fingerprint density at radius 2 is 1.61 bits per heavy atom. The summed E-state index contributed by atoms with van der Waals surface area (Å²) in [6.07, 6.45) is 2.93. The van der Waals surface area contributed by atoms with Crippen LogP contribution in [-0.4, -0.2) is 22.2 Å². The molecule has 1 amide bonds. The zero-order valence-electron chi connectivity index (χ0n) is 15.7. The highest BCUT2D eigenvalue weighted by atomic mass is 16.5. The third kappa shape index (κ3) is 4.37. The van der Waals surface area contributed by atoms with Crippen molar-refractivity contribution in [2.45, 2.75) is 20.0 Å². The molecule has 0 bridgehead atoms. The Labute approximate surface area is 161 Å². The van der Waals surface area contributed by atoms with E-state index in [4.69, 9.17) is 4.74 Å². The minimum absolute atomic E-state index is 0.203. The molecule has 0 aliphatic heterocycles. The van der Waals surface area contributed by atoms with Crippen LogP contribution in [0.5, 0.6) is 5.75 Å². The zero-order chi connectivity index (χ0) is 20.1. The number of hydrogen-bond donors (Lipinski definition) is 1. The Balaban J connectivity index is 1.76. The summed E-state index contributed by atoms with van der Waals surface area (Å²) in [5, 5.41) is 2.71. The summed E-state index contributed by atoms with van der Waals surface area (Å²) in [4.78, 5) is 37.0. The van der Waals surface area contributed by atoms with E-state index in [9.17, 15) is 14.4 Å². The first kappa shape index (κ1) is 19.2. The molecule has 0 saturated carbocycles. The van der Waals surface area contributed by atoms with E-state index in [0.717, 1.165) is 15.7 Å². The van der Waals surface area contributed by atoms with Crippen molar-refractivity contribution in [2.75, 3.05) is 12.4 Å². The number of benzene rings is 2. The smallest absolute Gasteiger partial charge is 0.316 e. The molecule has 0 fully saturated rings. The maximum absolute atomic E-state index is 12.4. The number of para-hydroxylation sites is 1. The normalized spacial score (nSPS) is 10.5. The standard InChI is InChI=1S/C21H21N3O4/c1-15-7-9-17(10-8-15)22-19(25)14-24-12-11-23(20(26)21(24)27)13-16-5-3-4-6-18(16)28-2/h3-12H,13-14H2,1-2H3,(H,22,25). The zero-order valence-corrected chi connectivity index (χ0v) is 15.7. The predicted molar refractivity (Wildman–Crippen MR) is 107 cm³/mol. The second kappa shape index (κ2) is 8.39. The number of methoxy groups -OCH3 is 1. The number of ether oxygens (including phenoxy) is 1. The van der Waals surface area contributed by atoms with Gasteiger partial charge in [0.2, 0.25) is 5.91 Å². The van der Waals surface area contributed by atoms with Gasteiger partial charge in [0.1, 0.15) is 12.3 Å². The third-order valence-corrected chi connectivity index (χ3v) is 4.31. The van der Waals surface area contributed by atoms with Crippen molar-refractivity contribution in [3.8, 4) is 5.75 Å². The summed E-state index contributed by atoms with van der Waals surface area (Å²) in [5.74, 6) is 0.254. The Hall–Kier alpha value is -3.61. The van der Waals surface area contributed by atoms with E-state index in [1.165, 1.54) is 17.0 Å². The molecule has 0 atom stereocenters. The molecule has 7 heteroatoms. The number of aryl methyl sites for hydroxylation is 1. The van der Waals surface area contributed by atoms with Gasteiger partial charge < -0.3 is 14.6 Å². The van der Waals surface area contributed by atoms with Crippen molar-refractivity contribution in [1.82, 2.24) is 9.13 Å². The summed E-state index contributed by atoms with van der Waals surface area (Å²) in [7, 11) is 1.55. The molecule has 2 aromatic carbocycles. The lowest BCUT2D eigenvalue weighted by atomic mass is 10.2. The third-order valence-electron chi connectivity index (χ3n) is 4.31. The molecule has 0 spiro atoms. The van der Waals surface area contributed by atoms with Gasteiger partial charge in [0, 0.05) is 23.6 Å². The predicted octanol–water partition coefficient (Wildman–Crippen LogP) is 2.01. The van der Waals surface area contributed by atoms with Crippen LogP contribution in [-0.2, 0) is 17.9 Å². The number of hydrogen-bond acceptors (Lipinski definition) is 4. The molecule has 0 aliphatic rings. The Morgan fingerprint density at radius 3 is 2.32 bits per heavy atom. The topological polar surface area (TPSA) is 82.3 Å². The largest absolute Gasteiger partial charge is 0.496 e. The van der Waals surface area contributed by atoms with Crippen LogP contribution >= 0.6 is 0 Å². The van der Waals surface area contributed by atoms with Gasteiger partial charge in [-0.25, -0.2) is 0 Å². The number of carbonyl (C=O) groups is 1. The molecular formula is C21H21N3O4. The fourth-order valence-electron chi connectivity index (χ4n) is 2.80. The fourth-order valence-corrected chi connectivity index (χ4v) is 2.80. The van der Waals surface area contributed by atoms with Gasteiger partial charge in [-0.05, 0) is 25.1 Å². The van der Waals surface area contributed by atoms with Crippen molar-refractivity contribution in [2.24, 2.45) is 0 Å². The summed E-state index contributed by atoms with van der Waals surface area (Å²) < 4.78 is 7.68. The van der Waals surface area contributed by atoms with Gasteiger partial charge in [0.25, 0.3) is 0 Å². The van der Waals surface area contributed by atoms with Crippen LogP contribution in [0.15, 0.2) is 70.5 Å². The molecule has 1 heterocycles. The Kier molecular flexibility index (Phi) is 5.74. The Morgan fingerprint density at radius 1 is 0.964 bits per heavy atom. The Bertz CT molecular complexity index is 1100. The number of aromatic nitrogens is 2. The fraction of sp³-hybridized carbons (Fsp3) is 0.190. The monoisotopic (exact) mass is 379 g/mol. The average Bonchev–Trinajstić information content (AvgIpc) is 2.70. The van der Waals surface area contributed by atoms with E-state index in [1.807, 2.05) is 37.3 Å². The lowest BCUT2D eigenvalue weighted by Gasteiger charge is -2.11. The molecule has 1 N–H and O–H groups in total. The van der Waals surface area contributed by atoms with Gasteiger partial charge in [-0.3, -0.25) is 19.0 Å². The van der Waals surface area contributed by atoms with Gasteiger partial charge in [0.05, 0.1) is 13.7 Å². The summed E-state index contributed by atoms with van der Waals surface area (Å²) >= 11 is 0. The quantitative estimate of drug-likeness (QED) is 0.664. The van der Waals surface area contributed by atoms with Crippen molar-refractivity contribution < 1.29 is 9.53 Å². The molecular weight excluding hydrogens is 358 g/mol. The molecule has 1 aromatic heterocycles. The van der Waals surface area contributed by atoms with Gasteiger partial charge in [-0.2, -0.15) is 0 Å². The number of anilines is 1. The number of amides is 1. The van der Waals surface area contributed by atoms with Crippen molar-refractivity contribution in [3.63, 3.8) is 0 Å². The second-order valence-corrected chi connectivity index (χ2v) is 6.39. The van der Waals surface area contributed by atoms with Gasteiger partial charge in [-0.1, -0.05) is 35.9 Å².